The van der Waals surface area contributed by atoms with Crippen molar-refractivity contribution in [3.05, 3.63) is 94.9 Å². The van der Waals surface area contributed by atoms with Crippen molar-refractivity contribution in [3.63, 3.8) is 0 Å². The Morgan fingerprint density at radius 3 is 2.62 bits per heavy atom. The minimum absolute atomic E-state index is 0.0286. The van der Waals surface area contributed by atoms with Crippen LogP contribution < -0.4 is 5.32 Å². The van der Waals surface area contributed by atoms with Crippen LogP contribution in [0.25, 0.3) is 5.65 Å². The van der Waals surface area contributed by atoms with E-state index < -0.39 is 17.6 Å². The van der Waals surface area contributed by atoms with E-state index in [0.717, 1.165) is 19.2 Å². The number of nitrogens with one attached hydrogen (secondary N) is 1. The Morgan fingerprint density at radius 1 is 1.05 bits per heavy atom. The summed E-state index contributed by atoms with van der Waals surface area (Å²) in [6, 6.07) is 13.5. The van der Waals surface area contributed by atoms with Gasteiger partial charge in [0.1, 0.15) is 17.1 Å². The molecule has 200 valence electrons. The first kappa shape index (κ1) is 26.3. The van der Waals surface area contributed by atoms with Gasteiger partial charge in [-0.05, 0) is 61.0 Å². The van der Waals surface area contributed by atoms with Crippen molar-refractivity contribution in [2.75, 3.05) is 38.5 Å². The van der Waals surface area contributed by atoms with Crippen molar-refractivity contribution in [2.45, 2.75) is 12.7 Å². The van der Waals surface area contributed by atoms with Crippen LogP contribution in [-0.4, -0.2) is 63.4 Å². The Hall–Kier alpha value is -4.33. The van der Waals surface area contributed by atoms with Crippen LogP contribution in [-0.2, 0) is 12.7 Å². The lowest BCUT2D eigenvalue weighted by Crippen LogP contribution is -2.44. The Morgan fingerprint density at radius 2 is 1.85 bits per heavy atom. The zero-order chi connectivity index (χ0) is 27.6. The number of aromatic hydroxyl groups is 1. The van der Waals surface area contributed by atoms with Gasteiger partial charge in [-0.3, -0.25) is 14.1 Å². The number of carbonyl (C=O) groups excluding carboxylic acids is 1. The van der Waals surface area contributed by atoms with Crippen LogP contribution in [0.4, 0.5) is 18.9 Å². The van der Waals surface area contributed by atoms with Crippen molar-refractivity contribution in [3.8, 4) is 17.6 Å². The number of phenolic OH excluding ortho intramolecular Hbond substituents is 1. The number of alkyl halides is 3. The third-order valence-electron chi connectivity index (χ3n) is 6.66. The molecule has 0 unspecified atom stereocenters. The Bertz CT molecular complexity index is 1580. The highest BCUT2D eigenvalue weighted by Crippen LogP contribution is 2.35. The van der Waals surface area contributed by atoms with E-state index in [1.165, 1.54) is 30.3 Å². The highest BCUT2D eigenvalue weighted by atomic mass is 19.4. The predicted octanol–water partition coefficient (Wildman–Crippen LogP) is 4.46. The van der Waals surface area contributed by atoms with Crippen LogP contribution >= 0.6 is 0 Å². The van der Waals surface area contributed by atoms with Gasteiger partial charge < -0.3 is 15.3 Å². The predicted molar refractivity (Wildman–Crippen MR) is 141 cm³/mol. The average molecular weight is 534 g/mol. The molecule has 5 rings (SSSR count). The van der Waals surface area contributed by atoms with Crippen LogP contribution in [0.5, 0.6) is 5.75 Å². The number of halogens is 3. The topological polar surface area (TPSA) is 73.1 Å². The molecular formula is C29H26F3N5O2. The van der Waals surface area contributed by atoms with Gasteiger partial charge in [-0.1, -0.05) is 18.1 Å². The van der Waals surface area contributed by atoms with Crippen LogP contribution in [0.15, 0.2) is 67.0 Å². The summed E-state index contributed by atoms with van der Waals surface area (Å²) < 4.78 is 43.5. The quantitative estimate of drug-likeness (QED) is 0.379. The largest absolute Gasteiger partial charge is 0.507 e. The fourth-order valence-electron chi connectivity index (χ4n) is 4.44. The van der Waals surface area contributed by atoms with E-state index in [1.54, 1.807) is 10.6 Å². The van der Waals surface area contributed by atoms with E-state index in [2.05, 4.69) is 27.0 Å². The standard InChI is InChI=1S/C29H26F3N5O2/c1-35-12-14-36(15-13-35)19-22-5-8-23(17-25(22)29(30,31)32)34-28(39)21-7-10-26(38)20(16-21)6-9-24-18-33-27-4-2-3-11-37(24)27/h2-5,7-8,10-11,16-18,38H,12-15,19H2,1H3,(H,34,39). The van der Waals surface area contributed by atoms with Crippen molar-refractivity contribution < 1.29 is 23.1 Å². The molecule has 0 saturated carbocycles. The number of phenols is 1. The molecule has 2 aromatic heterocycles. The molecule has 2 N–H and O–H groups in total. The summed E-state index contributed by atoms with van der Waals surface area (Å²) in [6.45, 7) is 3.16. The van der Waals surface area contributed by atoms with Crippen LogP contribution in [0.3, 0.4) is 0 Å². The minimum atomic E-state index is -4.57. The van der Waals surface area contributed by atoms with Gasteiger partial charge in [0, 0.05) is 50.2 Å². The molecule has 0 aliphatic carbocycles. The smallest absolute Gasteiger partial charge is 0.416 e. The van der Waals surface area contributed by atoms with Gasteiger partial charge in [0.2, 0.25) is 0 Å². The molecular weight excluding hydrogens is 507 g/mol. The highest BCUT2D eigenvalue weighted by molar-refractivity contribution is 6.04. The number of pyridine rings is 1. The molecule has 10 heteroatoms. The first-order valence-corrected chi connectivity index (χ1v) is 12.4. The fraction of sp³-hybridized carbons (Fsp3) is 0.241. The number of hydrogen-bond donors (Lipinski definition) is 2. The number of imidazole rings is 1. The highest BCUT2D eigenvalue weighted by Gasteiger charge is 2.34. The van der Waals surface area contributed by atoms with Crippen LogP contribution in [0.2, 0.25) is 0 Å². The van der Waals surface area contributed by atoms with Crippen molar-refractivity contribution >= 4 is 17.2 Å². The Balaban J connectivity index is 1.35. The third-order valence-corrected chi connectivity index (χ3v) is 6.66. The summed E-state index contributed by atoms with van der Waals surface area (Å²) in [5.74, 6) is 5.04. The lowest BCUT2D eigenvalue weighted by Gasteiger charge is -2.33. The summed E-state index contributed by atoms with van der Waals surface area (Å²) in [5, 5.41) is 12.8. The van der Waals surface area contributed by atoms with E-state index in [0.29, 0.717) is 24.4 Å². The second kappa shape index (κ2) is 10.8. The third kappa shape index (κ3) is 6.06. The molecule has 0 atom stereocenters. The number of carbonyl (C=O) groups is 1. The number of benzene rings is 2. The molecule has 2 aromatic carbocycles. The second-order valence-corrected chi connectivity index (χ2v) is 9.46. The molecule has 1 saturated heterocycles. The van der Waals surface area contributed by atoms with Gasteiger partial charge in [-0.25, -0.2) is 4.98 Å². The summed E-state index contributed by atoms with van der Waals surface area (Å²) >= 11 is 0. The number of amides is 1. The monoisotopic (exact) mass is 533 g/mol. The normalized spacial score (nSPS) is 14.7. The fourth-order valence-corrected chi connectivity index (χ4v) is 4.44. The molecule has 7 nitrogen and oxygen atoms in total. The molecule has 3 heterocycles. The first-order chi connectivity index (χ1) is 18.7. The minimum Gasteiger partial charge on any atom is -0.507 e. The van der Waals surface area contributed by atoms with Crippen molar-refractivity contribution in [2.24, 2.45) is 0 Å². The van der Waals surface area contributed by atoms with Crippen molar-refractivity contribution in [1.29, 1.82) is 0 Å². The number of nitrogens with zero attached hydrogens (tertiary/aromatic N) is 4. The zero-order valence-corrected chi connectivity index (χ0v) is 21.2. The summed E-state index contributed by atoms with van der Waals surface area (Å²) in [4.78, 5) is 21.3. The molecule has 1 aliphatic rings. The van der Waals surface area contributed by atoms with E-state index >= 15 is 0 Å². The van der Waals surface area contributed by atoms with E-state index in [4.69, 9.17) is 0 Å². The molecule has 0 bridgehead atoms. The van der Waals surface area contributed by atoms with Gasteiger partial charge in [-0.2, -0.15) is 13.2 Å². The SMILES string of the molecule is CN1CCN(Cc2ccc(NC(=O)c3ccc(O)c(C#Cc4cnc5ccccn45)c3)cc2C(F)(F)F)CC1. The molecule has 1 fully saturated rings. The Kier molecular flexibility index (Phi) is 7.28. The van der Waals surface area contributed by atoms with Gasteiger partial charge in [0.25, 0.3) is 5.91 Å². The summed E-state index contributed by atoms with van der Waals surface area (Å²) in [7, 11) is 1.99. The lowest BCUT2D eigenvalue weighted by atomic mass is 10.0. The molecule has 1 aliphatic heterocycles. The lowest BCUT2D eigenvalue weighted by molar-refractivity contribution is -0.138. The maximum atomic E-state index is 13.9. The van der Waals surface area contributed by atoms with E-state index in [1.807, 2.05) is 36.3 Å². The van der Waals surface area contributed by atoms with Gasteiger partial charge in [0.05, 0.1) is 17.3 Å². The van der Waals surface area contributed by atoms with E-state index in [-0.39, 0.29) is 34.7 Å². The number of anilines is 1. The zero-order valence-electron chi connectivity index (χ0n) is 21.2. The van der Waals surface area contributed by atoms with Gasteiger partial charge in [0.15, 0.2) is 0 Å². The van der Waals surface area contributed by atoms with Crippen LogP contribution in [0.1, 0.15) is 32.7 Å². The molecule has 39 heavy (non-hydrogen) atoms. The number of piperazine rings is 1. The molecule has 0 spiro atoms. The maximum Gasteiger partial charge on any atom is 0.416 e. The molecule has 0 radical (unpaired) electrons. The second-order valence-electron chi connectivity index (χ2n) is 9.46. The summed E-state index contributed by atoms with van der Waals surface area (Å²) in [6.07, 6.45) is -1.16. The number of aromatic nitrogens is 2. The van der Waals surface area contributed by atoms with Crippen LogP contribution in [0, 0.1) is 11.8 Å². The number of likely N-dealkylation sites (N-methyl/N-ethyl adjacent to an activating group) is 1. The average Bonchev–Trinajstić information content (AvgIpc) is 3.33. The molecule has 4 aromatic rings. The Labute approximate surface area is 223 Å². The molecule has 1 amide bonds. The number of hydrogen-bond acceptors (Lipinski definition) is 5. The van der Waals surface area contributed by atoms with Crippen molar-refractivity contribution in [1.82, 2.24) is 19.2 Å². The van der Waals surface area contributed by atoms with Gasteiger partial charge >= 0.3 is 6.18 Å². The van der Waals surface area contributed by atoms with Gasteiger partial charge in [-0.15, -0.1) is 0 Å². The summed E-state index contributed by atoms with van der Waals surface area (Å²) in [5.41, 5.74) is 1.07. The number of fused-ring (bicyclic) bond motifs is 1. The maximum absolute atomic E-state index is 13.9. The van der Waals surface area contributed by atoms with E-state index in [9.17, 15) is 23.1 Å². The number of rotatable bonds is 4. The first-order valence-electron chi connectivity index (χ1n) is 12.4.